The Labute approximate surface area is 95.9 Å². The summed E-state index contributed by atoms with van der Waals surface area (Å²) in [7, 11) is 0. The fourth-order valence-electron chi connectivity index (χ4n) is 2.58. The maximum atomic E-state index is 11.6. The van der Waals surface area contributed by atoms with Crippen LogP contribution in [0.1, 0.15) is 32.6 Å². The SMILES string of the molecule is CCOC(=O)C1=C(O)C2CCCCN2CC1. The predicted octanol–water partition coefficient (Wildman–Crippen LogP) is 1.62. The number of esters is 1. The first kappa shape index (κ1) is 11.5. The molecule has 0 spiro atoms. The fraction of sp³-hybridized carbons (Fsp3) is 0.750. The van der Waals surface area contributed by atoms with E-state index in [-0.39, 0.29) is 17.8 Å². The zero-order chi connectivity index (χ0) is 11.5. The predicted molar refractivity (Wildman–Crippen MR) is 60.1 cm³/mol. The van der Waals surface area contributed by atoms with Crippen LogP contribution in [-0.2, 0) is 9.53 Å². The van der Waals surface area contributed by atoms with Crippen molar-refractivity contribution in [2.45, 2.75) is 38.6 Å². The Morgan fingerprint density at radius 1 is 1.50 bits per heavy atom. The first-order valence-corrected chi connectivity index (χ1v) is 6.07. The molecule has 2 aliphatic heterocycles. The number of ether oxygens (including phenoxy) is 1. The highest BCUT2D eigenvalue weighted by molar-refractivity contribution is 5.89. The molecule has 1 saturated heterocycles. The summed E-state index contributed by atoms with van der Waals surface area (Å²) in [5.41, 5.74) is 0.491. The minimum Gasteiger partial charge on any atom is -0.510 e. The second-order valence-electron chi connectivity index (χ2n) is 4.38. The van der Waals surface area contributed by atoms with E-state index in [2.05, 4.69) is 4.90 Å². The van der Waals surface area contributed by atoms with Gasteiger partial charge in [0.15, 0.2) is 0 Å². The van der Waals surface area contributed by atoms with Gasteiger partial charge in [0.1, 0.15) is 5.76 Å². The summed E-state index contributed by atoms with van der Waals surface area (Å²) >= 11 is 0. The van der Waals surface area contributed by atoms with Gasteiger partial charge in [0.2, 0.25) is 0 Å². The van der Waals surface area contributed by atoms with Crippen molar-refractivity contribution in [1.29, 1.82) is 0 Å². The fourth-order valence-corrected chi connectivity index (χ4v) is 2.58. The number of aliphatic hydroxyl groups is 1. The lowest BCUT2D eigenvalue weighted by Crippen LogP contribution is -2.45. The van der Waals surface area contributed by atoms with E-state index >= 15 is 0 Å². The van der Waals surface area contributed by atoms with Gasteiger partial charge in [-0.2, -0.15) is 0 Å². The molecule has 1 atom stereocenters. The minimum absolute atomic E-state index is 0.0573. The van der Waals surface area contributed by atoms with Crippen LogP contribution >= 0.6 is 0 Å². The number of carbonyl (C=O) groups excluding carboxylic acids is 1. The first-order chi connectivity index (χ1) is 7.74. The average Bonchev–Trinajstić information content (AvgIpc) is 2.30. The zero-order valence-electron chi connectivity index (χ0n) is 9.74. The summed E-state index contributed by atoms with van der Waals surface area (Å²) in [6.07, 6.45) is 3.88. The summed E-state index contributed by atoms with van der Waals surface area (Å²) in [6.45, 7) is 4.04. The van der Waals surface area contributed by atoms with E-state index in [0.717, 1.165) is 25.9 Å². The molecule has 4 nitrogen and oxygen atoms in total. The van der Waals surface area contributed by atoms with E-state index in [9.17, 15) is 9.90 Å². The normalized spacial score (nSPS) is 26.4. The lowest BCUT2D eigenvalue weighted by atomic mass is 9.92. The molecule has 1 fully saturated rings. The second-order valence-corrected chi connectivity index (χ2v) is 4.38. The number of hydrogen-bond acceptors (Lipinski definition) is 4. The Bertz CT molecular complexity index is 311. The molecule has 0 saturated carbocycles. The van der Waals surface area contributed by atoms with Crippen molar-refractivity contribution >= 4 is 5.97 Å². The van der Waals surface area contributed by atoms with Gasteiger partial charge in [-0.3, -0.25) is 4.90 Å². The second kappa shape index (κ2) is 4.87. The number of hydrogen-bond donors (Lipinski definition) is 1. The Morgan fingerprint density at radius 2 is 2.31 bits per heavy atom. The third kappa shape index (κ3) is 2.07. The van der Waals surface area contributed by atoms with E-state index in [0.29, 0.717) is 18.6 Å². The summed E-state index contributed by atoms with van der Waals surface area (Å²) in [5, 5.41) is 10.1. The van der Waals surface area contributed by atoms with Crippen molar-refractivity contribution in [3.05, 3.63) is 11.3 Å². The Kier molecular flexibility index (Phi) is 3.49. The van der Waals surface area contributed by atoms with Gasteiger partial charge >= 0.3 is 5.97 Å². The van der Waals surface area contributed by atoms with Crippen LogP contribution in [-0.4, -0.2) is 41.7 Å². The van der Waals surface area contributed by atoms with E-state index in [1.165, 1.54) is 6.42 Å². The Balaban J connectivity index is 2.15. The molecule has 0 aliphatic carbocycles. The van der Waals surface area contributed by atoms with Crippen LogP contribution in [0, 0.1) is 0 Å². The molecule has 0 aromatic rings. The van der Waals surface area contributed by atoms with Gasteiger partial charge < -0.3 is 9.84 Å². The minimum atomic E-state index is -0.342. The molecule has 0 aromatic heterocycles. The average molecular weight is 225 g/mol. The molecule has 0 bridgehead atoms. The number of fused-ring (bicyclic) bond motifs is 1. The number of rotatable bonds is 2. The van der Waals surface area contributed by atoms with Crippen LogP contribution < -0.4 is 0 Å². The molecule has 2 rings (SSSR count). The molecule has 0 aromatic carbocycles. The number of carbonyl (C=O) groups is 1. The molecule has 4 heteroatoms. The van der Waals surface area contributed by atoms with E-state index in [4.69, 9.17) is 4.74 Å². The molecule has 90 valence electrons. The summed E-state index contributed by atoms with van der Waals surface area (Å²) < 4.78 is 4.96. The van der Waals surface area contributed by atoms with Gasteiger partial charge in [-0.15, -0.1) is 0 Å². The topological polar surface area (TPSA) is 49.8 Å². The van der Waals surface area contributed by atoms with Crippen LogP contribution in [0.15, 0.2) is 11.3 Å². The van der Waals surface area contributed by atoms with Crippen LogP contribution in [0.25, 0.3) is 0 Å². The third-order valence-electron chi connectivity index (χ3n) is 3.41. The van der Waals surface area contributed by atoms with Gasteiger partial charge in [0.25, 0.3) is 0 Å². The first-order valence-electron chi connectivity index (χ1n) is 6.07. The highest BCUT2D eigenvalue weighted by atomic mass is 16.5. The number of piperidine rings is 1. The molecule has 2 heterocycles. The lowest BCUT2D eigenvalue weighted by Gasteiger charge is -2.39. The molecular formula is C12H19NO3. The van der Waals surface area contributed by atoms with Gasteiger partial charge in [-0.05, 0) is 32.7 Å². The standard InChI is InChI=1S/C12H19NO3/c1-2-16-12(15)9-6-8-13-7-4-3-5-10(13)11(9)14/h10,14H,2-8H2,1H3. The highest BCUT2D eigenvalue weighted by Crippen LogP contribution is 2.29. The van der Waals surface area contributed by atoms with Crippen molar-refractivity contribution in [1.82, 2.24) is 4.90 Å². The van der Waals surface area contributed by atoms with Crippen molar-refractivity contribution in [3.63, 3.8) is 0 Å². The van der Waals surface area contributed by atoms with Crippen molar-refractivity contribution < 1.29 is 14.6 Å². The highest BCUT2D eigenvalue weighted by Gasteiger charge is 2.34. The van der Waals surface area contributed by atoms with Gasteiger partial charge in [-0.1, -0.05) is 6.42 Å². The van der Waals surface area contributed by atoms with E-state index in [1.807, 2.05) is 0 Å². The zero-order valence-corrected chi connectivity index (χ0v) is 9.74. The van der Waals surface area contributed by atoms with Gasteiger partial charge in [0.05, 0.1) is 18.2 Å². The molecule has 1 N–H and O–H groups in total. The molecule has 0 radical (unpaired) electrons. The van der Waals surface area contributed by atoms with Crippen molar-refractivity contribution in [3.8, 4) is 0 Å². The molecule has 16 heavy (non-hydrogen) atoms. The summed E-state index contributed by atoms with van der Waals surface area (Å²) in [6, 6.07) is 0.0573. The van der Waals surface area contributed by atoms with E-state index < -0.39 is 0 Å². The van der Waals surface area contributed by atoms with Crippen LogP contribution in [0.3, 0.4) is 0 Å². The maximum absolute atomic E-state index is 11.6. The largest absolute Gasteiger partial charge is 0.510 e. The Morgan fingerprint density at radius 3 is 3.06 bits per heavy atom. The van der Waals surface area contributed by atoms with Crippen molar-refractivity contribution in [2.75, 3.05) is 19.7 Å². The summed E-state index contributed by atoms with van der Waals surface area (Å²) in [5.74, 6) is -0.0883. The van der Waals surface area contributed by atoms with Gasteiger partial charge in [-0.25, -0.2) is 4.79 Å². The quantitative estimate of drug-likeness (QED) is 0.725. The lowest BCUT2D eigenvalue weighted by molar-refractivity contribution is -0.139. The van der Waals surface area contributed by atoms with E-state index in [1.54, 1.807) is 6.92 Å². The third-order valence-corrected chi connectivity index (χ3v) is 3.41. The molecular weight excluding hydrogens is 206 g/mol. The number of aliphatic hydroxyl groups excluding tert-OH is 1. The maximum Gasteiger partial charge on any atom is 0.337 e. The molecule has 2 aliphatic rings. The van der Waals surface area contributed by atoms with Crippen LogP contribution in [0.4, 0.5) is 0 Å². The monoisotopic (exact) mass is 225 g/mol. The molecule has 0 amide bonds. The van der Waals surface area contributed by atoms with Gasteiger partial charge in [0, 0.05) is 6.54 Å². The molecule has 1 unspecified atom stereocenters. The smallest absolute Gasteiger partial charge is 0.337 e. The number of nitrogens with zero attached hydrogens (tertiary/aromatic N) is 1. The van der Waals surface area contributed by atoms with Crippen molar-refractivity contribution in [2.24, 2.45) is 0 Å². The van der Waals surface area contributed by atoms with Crippen LogP contribution in [0.5, 0.6) is 0 Å². The van der Waals surface area contributed by atoms with Crippen LogP contribution in [0.2, 0.25) is 0 Å². The Hall–Kier alpha value is -1.03. The summed E-state index contributed by atoms with van der Waals surface area (Å²) in [4.78, 5) is 13.9.